The van der Waals surface area contributed by atoms with Gasteiger partial charge in [0.05, 0.1) is 23.3 Å². The lowest BCUT2D eigenvalue weighted by molar-refractivity contribution is -0.141. The molecule has 0 aliphatic heterocycles. The molecule has 136 valence electrons. The van der Waals surface area contributed by atoms with Gasteiger partial charge in [0.1, 0.15) is 5.69 Å². The smallest absolute Gasteiger partial charge is 0.433 e. The summed E-state index contributed by atoms with van der Waals surface area (Å²) in [6.07, 6.45) is -3.76. The molecule has 0 amide bonds. The van der Waals surface area contributed by atoms with Gasteiger partial charge >= 0.3 is 12.1 Å². The maximum atomic E-state index is 12.7. The normalized spacial score (nSPS) is 12.2. The van der Waals surface area contributed by atoms with E-state index in [0.29, 0.717) is 0 Å². The molecule has 7 nitrogen and oxygen atoms in total. The molecule has 2 rings (SSSR count). The number of halogens is 3. The number of hydrogen-bond acceptors (Lipinski definition) is 5. The van der Waals surface area contributed by atoms with Gasteiger partial charge in [-0.3, -0.25) is 5.10 Å². The highest BCUT2D eigenvalue weighted by Gasteiger charge is 2.35. The number of aromatic nitrogens is 2. The van der Waals surface area contributed by atoms with E-state index in [1.54, 1.807) is 0 Å². The second-order valence-electron chi connectivity index (χ2n) is 4.89. The minimum atomic E-state index is -4.58. The highest BCUT2D eigenvalue weighted by atomic mass is 32.2. The van der Waals surface area contributed by atoms with Gasteiger partial charge in [0, 0.05) is 12.0 Å². The number of H-pyrrole nitrogens is 1. The summed E-state index contributed by atoms with van der Waals surface area (Å²) in [5.74, 6) is -0.842. The minimum Gasteiger partial charge on any atom is -0.462 e. The Hall–Kier alpha value is -2.40. The fraction of sp³-hybridized carbons (Fsp3) is 0.286. The molecule has 0 saturated carbocycles. The SMILES string of the molecule is CNS(=O)(=O)c1cccc(C(=O)OCCc2cn[nH]c2C(F)(F)F)c1. The van der Waals surface area contributed by atoms with Gasteiger partial charge in [-0.05, 0) is 25.2 Å². The van der Waals surface area contributed by atoms with Crippen molar-refractivity contribution in [3.05, 3.63) is 47.3 Å². The predicted octanol–water partition coefficient (Wildman–Crippen LogP) is 1.74. The molecule has 0 aliphatic carbocycles. The lowest BCUT2D eigenvalue weighted by Gasteiger charge is -2.08. The van der Waals surface area contributed by atoms with Crippen molar-refractivity contribution in [2.24, 2.45) is 0 Å². The van der Waals surface area contributed by atoms with Crippen LogP contribution in [0.25, 0.3) is 0 Å². The number of esters is 1. The average molecular weight is 377 g/mol. The van der Waals surface area contributed by atoms with Crippen molar-refractivity contribution in [3.8, 4) is 0 Å². The van der Waals surface area contributed by atoms with Crippen LogP contribution in [0.4, 0.5) is 13.2 Å². The summed E-state index contributed by atoms with van der Waals surface area (Å²) in [6.45, 7) is -0.315. The van der Waals surface area contributed by atoms with Gasteiger partial charge in [0.2, 0.25) is 10.0 Å². The first-order chi connectivity index (χ1) is 11.6. The van der Waals surface area contributed by atoms with Crippen molar-refractivity contribution in [2.45, 2.75) is 17.5 Å². The van der Waals surface area contributed by atoms with Crippen molar-refractivity contribution >= 4 is 16.0 Å². The van der Waals surface area contributed by atoms with Gasteiger partial charge in [0.15, 0.2) is 0 Å². The van der Waals surface area contributed by atoms with Gasteiger partial charge in [-0.15, -0.1) is 0 Å². The third-order valence-corrected chi connectivity index (χ3v) is 4.67. The molecule has 0 unspecified atom stereocenters. The van der Waals surface area contributed by atoms with Gasteiger partial charge in [-0.1, -0.05) is 6.07 Å². The molecule has 0 aliphatic rings. The number of carbonyl (C=O) groups excluding carboxylic acids is 1. The number of hydrogen-bond donors (Lipinski definition) is 2. The summed E-state index contributed by atoms with van der Waals surface area (Å²) >= 11 is 0. The zero-order valence-corrected chi connectivity index (χ0v) is 13.7. The largest absolute Gasteiger partial charge is 0.462 e. The van der Waals surface area contributed by atoms with Crippen LogP contribution in [-0.2, 0) is 27.4 Å². The Balaban J connectivity index is 2.02. The Morgan fingerprint density at radius 2 is 2.08 bits per heavy atom. The van der Waals surface area contributed by atoms with Crippen LogP contribution in [0.5, 0.6) is 0 Å². The van der Waals surface area contributed by atoms with E-state index in [2.05, 4.69) is 9.82 Å². The Morgan fingerprint density at radius 1 is 1.36 bits per heavy atom. The number of sulfonamides is 1. The number of rotatable bonds is 6. The van der Waals surface area contributed by atoms with Crippen LogP contribution in [0.1, 0.15) is 21.6 Å². The number of benzene rings is 1. The summed E-state index contributed by atoms with van der Waals surface area (Å²) < 4.78 is 68.5. The molecule has 0 radical (unpaired) electrons. The molecule has 0 saturated heterocycles. The van der Waals surface area contributed by atoms with E-state index in [0.717, 1.165) is 12.3 Å². The molecule has 1 aromatic carbocycles. The zero-order valence-electron chi connectivity index (χ0n) is 12.9. The molecule has 1 aromatic heterocycles. The van der Waals surface area contributed by atoms with Crippen molar-refractivity contribution < 1.29 is 31.1 Å². The zero-order chi connectivity index (χ0) is 18.7. The first-order valence-electron chi connectivity index (χ1n) is 6.95. The number of nitrogens with one attached hydrogen (secondary N) is 2. The number of carbonyl (C=O) groups is 1. The Bertz CT molecular complexity index is 862. The molecule has 0 fully saturated rings. The van der Waals surface area contributed by atoms with E-state index < -0.39 is 27.9 Å². The quantitative estimate of drug-likeness (QED) is 0.747. The molecule has 25 heavy (non-hydrogen) atoms. The first-order valence-corrected chi connectivity index (χ1v) is 8.43. The molecule has 2 N–H and O–H groups in total. The molecule has 0 bridgehead atoms. The number of ether oxygens (including phenoxy) is 1. The Kier molecular flexibility index (Phi) is 5.48. The van der Waals surface area contributed by atoms with Crippen LogP contribution < -0.4 is 4.72 Å². The van der Waals surface area contributed by atoms with Crippen LogP contribution in [0, 0.1) is 0 Å². The monoisotopic (exact) mass is 377 g/mol. The maximum absolute atomic E-state index is 12.7. The highest BCUT2D eigenvalue weighted by Crippen LogP contribution is 2.30. The topological polar surface area (TPSA) is 101 Å². The van der Waals surface area contributed by atoms with Crippen LogP contribution >= 0.6 is 0 Å². The average Bonchev–Trinajstić information content (AvgIpc) is 3.03. The van der Waals surface area contributed by atoms with Crippen LogP contribution in [0.3, 0.4) is 0 Å². The fourth-order valence-corrected chi connectivity index (χ4v) is 2.77. The Labute approximate surface area is 141 Å². The summed E-state index contributed by atoms with van der Waals surface area (Å²) in [7, 11) is -2.50. The third-order valence-electron chi connectivity index (χ3n) is 3.25. The third kappa shape index (κ3) is 4.57. The standard InChI is InChI=1S/C14H14F3N3O4S/c1-18-25(22,23)11-4-2-3-9(7-11)13(21)24-6-5-10-8-19-20-12(10)14(15,16)17/h2-4,7-8,18H,5-6H2,1H3,(H,19,20). The number of aromatic amines is 1. The van der Waals surface area contributed by atoms with Crippen molar-refractivity contribution in [2.75, 3.05) is 13.7 Å². The van der Waals surface area contributed by atoms with E-state index in [9.17, 15) is 26.4 Å². The molecular weight excluding hydrogens is 363 g/mol. The Morgan fingerprint density at radius 3 is 2.72 bits per heavy atom. The molecular formula is C14H14F3N3O4S. The van der Waals surface area contributed by atoms with E-state index >= 15 is 0 Å². The van der Waals surface area contributed by atoms with Crippen molar-refractivity contribution in [1.29, 1.82) is 0 Å². The fourth-order valence-electron chi connectivity index (χ4n) is 1.99. The van der Waals surface area contributed by atoms with Crippen molar-refractivity contribution in [3.63, 3.8) is 0 Å². The summed E-state index contributed by atoms with van der Waals surface area (Å²) in [5.41, 5.74) is -1.16. The van der Waals surface area contributed by atoms with E-state index in [-0.39, 0.29) is 29.1 Å². The predicted molar refractivity (Wildman–Crippen MR) is 80.3 cm³/mol. The molecule has 11 heteroatoms. The van der Waals surface area contributed by atoms with Crippen LogP contribution in [0.2, 0.25) is 0 Å². The lowest BCUT2D eigenvalue weighted by atomic mass is 10.2. The van der Waals surface area contributed by atoms with Gasteiger partial charge in [-0.2, -0.15) is 18.3 Å². The summed E-state index contributed by atoms with van der Waals surface area (Å²) in [5, 5.41) is 5.19. The van der Waals surface area contributed by atoms with Crippen LogP contribution in [-0.4, -0.2) is 38.2 Å². The highest BCUT2D eigenvalue weighted by molar-refractivity contribution is 7.89. The van der Waals surface area contributed by atoms with Gasteiger partial charge < -0.3 is 4.74 Å². The first kappa shape index (κ1) is 18.9. The second kappa shape index (κ2) is 7.23. The van der Waals surface area contributed by atoms with E-state index in [1.807, 2.05) is 5.10 Å². The summed E-state index contributed by atoms with van der Waals surface area (Å²) in [4.78, 5) is 11.8. The lowest BCUT2D eigenvalue weighted by Crippen LogP contribution is -2.19. The number of nitrogens with zero attached hydrogens (tertiary/aromatic N) is 1. The molecule has 0 atom stereocenters. The van der Waals surface area contributed by atoms with E-state index in [4.69, 9.17) is 4.74 Å². The van der Waals surface area contributed by atoms with Gasteiger partial charge in [0.25, 0.3) is 0 Å². The maximum Gasteiger partial charge on any atom is 0.433 e. The number of alkyl halides is 3. The van der Waals surface area contributed by atoms with Gasteiger partial charge in [-0.25, -0.2) is 17.9 Å². The van der Waals surface area contributed by atoms with Crippen molar-refractivity contribution in [1.82, 2.24) is 14.9 Å². The summed E-state index contributed by atoms with van der Waals surface area (Å²) in [6, 6.07) is 5.12. The minimum absolute atomic E-state index is 0.0282. The molecule has 2 aromatic rings. The van der Waals surface area contributed by atoms with E-state index in [1.165, 1.54) is 25.2 Å². The van der Waals surface area contributed by atoms with Crippen LogP contribution in [0.15, 0.2) is 35.4 Å². The molecule has 0 spiro atoms. The molecule has 1 heterocycles. The second-order valence-corrected chi connectivity index (χ2v) is 6.78.